The van der Waals surface area contributed by atoms with Crippen molar-refractivity contribution < 1.29 is 9.53 Å². The fourth-order valence-electron chi connectivity index (χ4n) is 1.81. The molecule has 4 nitrogen and oxygen atoms in total. The van der Waals surface area contributed by atoms with Crippen molar-refractivity contribution in [2.24, 2.45) is 0 Å². The van der Waals surface area contributed by atoms with Crippen molar-refractivity contribution in [3.05, 3.63) is 71.3 Å². The zero-order valence-corrected chi connectivity index (χ0v) is 14.7. The Bertz CT molecular complexity index is 760. The summed E-state index contributed by atoms with van der Waals surface area (Å²) < 4.78 is 5.57. The third kappa shape index (κ3) is 5.68. The fourth-order valence-corrected chi connectivity index (χ4v) is 2.15. The normalized spacial score (nSPS) is 9.92. The Kier molecular flexibility index (Phi) is 6.35. The van der Waals surface area contributed by atoms with Crippen LogP contribution < -0.4 is 15.4 Å². The molecular weight excluding hydrogens is 344 g/mol. The van der Waals surface area contributed by atoms with E-state index in [9.17, 15) is 4.79 Å². The van der Waals surface area contributed by atoms with Gasteiger partial charge in [0.05, 0.1) is 0 Å². The second-order valence-electron chi connectivity index (χ2n) is 5.19. The Morgan fingerprint density at radius 3 is 2.62 bits per heavy atom. The van der Waals surface area contributed by atoms with Crippen LogP contribution in [0.3, 0.4) is 0 Å². The molecule has 0 radical (unpaired) electrons. The van der Waals surface area contributed by atoms with Crippen LogP contribution in [0.1, 0.15) is 17.3 Å². The van der Waals surface area contributed by atoms with Crippen LogP contribution in [0.5, 0.6) is 5.75 Å². The van der Waals surface area contributed by atoms with Crippen LogP contribution in [-0.2, 0) is 0 Å². The number of thiocarbonyl (C=S) groups is 1. The average molecular weight is 361 g/mol. The Morgan fingerprint density at radius 1 is 1.25 bits per heavy atom. The molecule has 1 amide bonds. The number of carbonyl (C=O) groups is 1. The number of ether oxygens (including phenoxy) is 1. The first kappa shape index (κ1) is 18.0. The van der Waals surface area contributed by atoms with E-state index in [1.165, 1.54) is 0 Å². The van der Waals surface area contributed by atoms with Crippen LogP contribution in [0.15, 0.2) is 60.7 Å². The molecule has 2 rings (SSSR count). The summed E-state index contributed by atoms with van der Waals surface area (Å²) in [7, 11) is 0. The van der Waals surface area contributed by atoms with Crippen molar-refractivity contribution in [1.82, 2.24) is 5.32 Å². The summed E-state index contributed by atoms with van der Waals surface area (Å²) in [5.41, 5.74) is 2.12. The Hall–Kier alpha value is -2.37. The van der Waals surface area contributed by atoms with Crippen LogP contribution in [-0.4, -0.2) is 17.6 Å². The highest BCUT2D eigenvalue weighted by molar-refractivity contribution is 7.80. The monoisotopic (exact) mass is 360 g/mol. The number of nitrogens with one attached hydrogen (secondary N) is 2. The average Bonchev–Trinajstić information content (AvgIpc) is 2.53. The number of anilines is 1. The lowest BCUT2D eigenvalue weighted by Crippen LogP contribution is -2.34. The third-order valence-corrected chi connectivity index (χ3v) is 3.37. The molecule has 0 atom stereocenters. The molecule has 2 aromatic carbocycles. The van der Waals surface area contributed by atoms with Gasteiger partial charge in [-0.3, -0.25) is 10.1 Å². The topological polar surface area (TPSA) is 50.4 Å². The number of amides is 1. The number of rotatable bonds is 5. The van der Waals surface area contributed by atoms with E-state index in [2.05, 4.69) is 17.2 Å². The zero-order valence-electron chi connectivity index (χ0n) is 13.1. The second kappa shape index (κ2) is 8.47. The molecule has 0 aliphatic heterocycles. The summed E-state index contributed by atoms with van der Waals surface area (Å²) in [6.45, 7) is 6.13. The van der Waals surface area contributed by atoms with Crippen molar-refractivity contribution in [2.45, 2.75) is 6.92 Å². The lowest BCUT2D eigenvalue weighted by molar-refractivity contribution is 0.0978. The number of hydrogen-bond donors (Lipinski definition) is 2. The van der Waals surface area contributed by atoms with Crippen LogP contribution in [0.4, 0.5) is 5.69 Å². The van der Waals surface area contributed by atoms with Gasteiger partial charge in [-0.2, -0.15) is 0 Å². The van der Waals surface area contributed by atoms with Gasteiger partial charge in [0.1, 0.15) is 12.4 Å². The summed E-state index contributed by atoms with van der Waals surface area (Å²) in [4.78, 5) is 12.1. The predicted molar refractivity (Wildman–Crippen MR) is 102 cm³/mol. The molecule has 24 heavy (non-hydrogen) atoms. The van der Waals surface area contributed by atoms with E-state index >= 15 is 0 Å². The SMILES string of the molecule is C=C(C)COc1cccc(NC(=S)NC(=O)c2ccc(Cl)cc2)c1. The number of halogens is 1. The molecule has 0 bridgehead atoms. The van der Waals surface area contributed by atoms with Crippen LogP contribution >= 0.6 is 23.8 Å². The van der Waals surface area contributed by atoms with Gasteiger partial charge in [-0.1, -0.05) is 24.2 Å². The lowest BCUT2D eigenvalue weighted by atomic mass is 10.2. The van der Waals surface area contributed by atoms with E-state index < -0.39 is 0 Å². The smallest absolute Gasteiger partial charge is 0.257 e. The first-order valence-electron chi connectivity index (χ1n) is 7.19. The highest BCUT2D eigenvalue weighted by Gasteiger charge is 2.08. The van der Waals surface area contributed by atoms with Crippen molar-refractivity contribution >= 4 is 40.5 Å². The van der Waals surface area contributed by atoms with Gasteiger partial charge in [0, 0.05) is 22.3 Å². The van der Waals surface area contributed by atoms with Crippen molar-refractivity contribution in [3.63, 3.8) is 0 Å². The molecule has 0 aliphatic carbocycles. The number of benzene rings is 2. The second-order valence-corrected chi connectivity index (χ2v) is 6.03. The van der Waals surface area contributed by atoms with E-state index in [0.29, 0.717) is 22.9 Å². The first-order chi connectivity index (χ1) is 11.4. The Labute approximate surface area is 151 Å². The van der Waals surface area contributed by atoms with Crippen LogP contribution in [0, 0.1) is 0 Å². The molecule has 0 fully saturated rings. The molecule has 0 saturated carbocycles. The first-order valence-corrected chi connectivity index (χ1v) is 7.98. The molecule has 0 unspecified atom stereocenters. The molecule has 0 aromatic heterocycles. The molecule has 124 valence electrons. The predicted octanol–water partition coefficient (Wildman–Crippen LogP) is 4.42. The minimum Gasteiger partial charge on any atom is -0.489 e. The standard InChI is InChI=1S/C18H17ClN2O2S/c1-12(2)11-23-16-5-3-4-15(10-16)20-18(24)21-17(22)13-6-8-14(19)9-7-13/h3-10H,1,11H2,2H3,(H2,20,21,22,24). The molecule has 2 aromatic rings. The van der Waals surface area contributed by atoms with Crippen LogP contribution in [0.25, 0.3) is 0 Å². The Balaban J connectivity index is 1.94. The maximum Gasteiger partial charge on any atom is 0.257 e. The van der Waals surface area contributed by atoms with Gasteiger partial charge in [0.25, 0.3) is 5.91 Å². The van der Waals surface area contributed by atoms with Gasteiger partial charge in [-0.15, -0.1) is 0 Å². The van der Waals surface area contributed by atoms with Gasteiger partial charge in [-0.05, 0) is 61.1 Å². The van der Waals surface area contributed by atoms with Gasteiger partial charge in [0.15, 0.2) is 5.11 Å². The van der Waals surface area contributed by atoms with Gasteiger partial charge in [0.2, 0.25) is 0 Å². The Morgan fingerprint density at radius 2 is 1.96 bits per heavy atom. The third-order valence-electron chi connectivity index (χ3n) is 2.91. The lowest BCUT2D eigenvalue weighted by Gasteiger charge is -2.11. The van der Waals surface area contributed by atoms with Crippen LogP contribution in [0.2, 0.25) is 5.02 Å². The molecule has 6 heteroatoms. The number of hydrogen-bond acceptors (Lipinski definition) is 3. The summed E-state index contributed by atoms with van der Waals surface area (Å²) in [6, 6.07) is 13.9. The summed E-state index contributed by atoms with van der Waals surface area (Å²) in [5.74, 6) is 0.383. The maximum absolute atomic E-state index is 12.1. The van der Waals surface area contributed by atoms with E-state index in [1.807, 2.05) is 25.1 Å². The van der Waals surface area contributed by atoms with Crippen molar-refractivity contribution in [3.8, 4) is 5.75 Å². The molecule has 2 N–H and O–H groups in total. The van der Waals surface area contributed by atoms with Gasteiger partial charge >= 0.3 is 0 Å². The minimum absolute atomic E-state index is 0.201. The highest BCUT2D eigenvalue weighted by atomic mass is 35.5. The fraction of sp³-hybridized carbons (Fsp3) is 0.111. The molecule has 0 aliphatic rings. The quantitative estimate of drug-likeness (QED) is 0.612. The highest BCUT2D eigenvalue weighted by Crippen LogP contribution is 2.18. The van der Waals surface area contributed by atoms with E-state index in [4.69, 9.17) is 28.6 Å². The molecular formula is C18H17ClN2O2S. The molecule has 0 spiro atoms. The minimum atomic E-state index is -0.307. The largest absolute Gasteiger partial charge is 0.489 e. The van der Waals surface area contributed by atoms with Gasteiger partial charge < -0.3 is 10.1 Å². The van der Waals surface area contributed by atoms with E-state index in [-0.39, 0.29) is 11.0 Å². The summed E-state index contributed by atoms with van der Waals surface area (Å²) in [5, 5.41) is 6.34. The maximum atomic E-state index is 12.1. The number of carbonyl (C=O) groups excluding carboxylic acids is 1. The van der Waals surface area contributed by atoms with Crippen molar-refractivity contribution in [2.75, 3.05) is 11.9 Å². The van der Waals surface area contributed by atoms with Crippen molar-refractivity contribution in [1.29, 1.82) is 0 Å². The zero-order chi connectivity index (χ0) is 17.5. The summed E-state index contributed by atoms with van der Waals surface area (Å²) >= 11 is 11.0. The molecule has 0 saturated heterocycles. The van der Waals surface area contributed by atoms with E-state index in [1.54, 1.807) is 30.3 Å². The van der Waals surface area contributed by atoms with E-state index in [0.717, 1.165) is 11.3 Å². The molecule has 0 heterocycles. The summed E-state index contributed by atoms with van der Waals surface area (Å²) in [6.07, 6.45) is 0. The van der Waals surface area contributed by atoms with Gasteiger partial charge in [-0.25, -0.2) is 0 Å².